The maximum absolute atomic E-state index is 8.69. The molecule has 0 aliphatic rings. The Kier molecular flexibility index (Phi) is 2.66. The number of hydrogen-bond donors (Lipinski definition) is 1. The van der Waals surface area contributed by atoms with Crippen molar-refractivity contribution < 1.29 is 5.11 Å². The van der Waals surface area contributed by atoms with Gasteiger partial charge in [0.2, 0.25) is 0 Å². The molecule has 0 fully saturated rings. The van der Waals surface area contributed by atoms with Crippen molar-refractivity contribution in [2.24, 2.45) is 0 Å². The summed E-state index contributed by atoms with van der Waals surface area (Å²) in [6, 6.07) is 5.82. The molecule has 0 amide bonds. The summed E-state index contributed by atoms with van der Waals surface area (Å²) in [4.78, 5) is 0. The average Bonchev–Trinajstić information content (AvgIpc) is 1.99. The fourth-order valence-corrected chi connectivity index (χ4v) is 1.04. The van der Waals surface area contributed by atoms with Crippen molar-refractivity contribution in [3.05, 3.63) is 48.7 Å². The summed E-state index contributed by atoms with van der Waals surface area (Å²) in [5, 5.41) is 8.69. The maximum Gasteiger partial charge on any atom is 0.0471 e. The van der Waals surface area contributed by atoms with Gasteiger partial charge in [0.15, 0.2) is 0 Å². The van der Waals surface area contributed by atoms with Crippen LogP contribution >= 0.6 is 0 Å². The van der Waals surface area contributed by atoms with Gasteiger partial charge in [0.25, 0.3) is 0 Å². The molecular weight excluding hydrogens is 136 g/mol. The van der Waals surface area contributed by atoms with Gasteiger partial charge in [0.1, 0.15) is 0 Å². The third-order valence-electron chi connectivity index (χ3n) is 1.75. The quantitative estimate of drug-likeness (QED) is 0.675. The Hall–Kier alpha value is -0.820. The van der Waals surface area contributed by atoms with E-state index in [1.807, 2.05) is 18.2 Å². The standard InChI is InChI=1S/C10H12O/c1-8-4-3-5-10(6-7-11)9(8)2/h3-5,11H,1-2,6-7H2. The van der Waals surface area contributed by atoms with Crippen molar-refractivity contribution in [3.63, 3.8) is 0 Å². The summed E-state index contributed by atoms with van der Waals surface area (Å²) >= 11 is 0. The van der Waals surface area contributed by atoms with E-state index in [-0.39, 0.29) is 6.61 Å². The van der Waals surface area contributed by atoms with E-state index in [9.17, 15) is 0 Å². The molecule has 1 N–H and O–H groups in total. The Morgan fingerprint density at radius 2 is 2.00 bits per heavy atom. The van der Waals surface area contributed by atoms with Crippen LogP contribution in [-0.4, -0.2) is 11.7 Å². The van der Waals surface area contributed by atoms with Gasteiger partial charge < -0.3 is 5.11 Å². The molecule has 0 aliphatic heterocycles. The summed E-state index contributed by atoms with van der Waals surface area (Å²) in [6.45, 7) is 7.86. The molecule has 0 aliphatic carbocycles. The maximum atomic E-state index is 8.69. The molecule has 0 unspecified atom stereocenters. The van der Waals surface area contributed by atoms with Gasteiger partial charge in [0, 0.05) is 6.61 Å². The molecule has 1 aromatic carbocycles. The second-order valence-corrected chi connectivity index (χ2v) is 2.53. The van der Waals surface area contributed by atoms with Crippen LogP contribution in [0.1, 0.15) is 16.7 Å². The molecule has 0 bridgehead atoms. The van der Waals surface area contributed by atoms with Crippen LogP contribution in [-0.2, 0) is 6.42 Å². The molecule has 1 aromatic rings. The van der Waals surface area contributed by atoms with Crippen molar-refractivity contribution in [2.75, 3.05) is 6.61 Å². The van der Waals surface area contributed by atoms with Gasteiger partial charge in [-0.15, -0.1) is 0 Å². The third kappa shape index (κ3) is 1.81. The van der Waals surface area contributed by atoms with E-state index in [0.717, 1.165) is 16.7 Å². The second kappa shape index (κ2) is 3.54. The van der Waals surface area contributed by atoms with Crippen LogP contribution in [0.2, 0.25) is 0 Å². The SMILES string of the molecule is [CH2]c1cccc(CCO)c1[CH2]. The van der Waals surface area contributed by atoms with Gasteiger partial charge >= 0.3 is 0 Å². The van der Waals surface area contributed by atoms with E-state index in [1.165, 1.54) is 0 Å². The molecule has 1 heteroatoms. The van der Waals surface area contributed by atoms with E-state index in [4.69, 9.17) is 5.11 Å². The molecule has 0 aromatic heterocycles. The van der Waals surface area contributed by atoms with Crippen LogP contribution in [0.3, 0.4) is 0 Å². The number of rotatable bonds is 2. The van der Waals surface area contributed by atoms with Crippen molar-refractivity contribution in [1.29, 1.82) is 0 Å². The zero-order valence-corrected chi connectivity index (χ0v) is 6.51. The number of benzene rings is 1. The first-order valence-corrected chi connectivity index (χ1v) is 3.62. The van der Waals surface area contributed by atoms with Crippen LogP contribution in [0.25, 0.3) is 0 Å². The first-order chi connectivity index (χ1) is 5.25. The lowest BCUT2D eigenvalue weighted by Crippen LogP contribution is -1.95. The summed E-state index contributed by atoms with van der Waals surface area (Å²) in [5.41, 5.74) is 2.97. The smallest absolute Gasteiger partial charge is 0.0471 e. The highest BCUT2D eigenvalue weighted by molar-refractivity contribution is 5.39. The molecule has 11 heavy (non-hydrogen) atoms. The minimum absolute atomic E-state index is 0.173. The lowest BCUT2D eigenvalue weighted by atomic mass is 10.0. The zero-order chi connectivity index (χ0) is 8.27. The van der Waals surface area contributed by atoms with Gasteiger partial charge in [-0.3, -0.25) is 0 Å². The lowest BCUT2D eigenvalue weighted by Gasteiger charge is -2.05. The van der Waals surface area contributed by atoms with Crippen LogP contribution in [0.4, 0.5) is 0 Å². The lowest BCUT2D eigenvalue weighted by molar-refractivity contribution is 0.299. The van der Waals surface area contributed by atoms with Crippen LogP contribution in [0, 0.1) is 13.8 Å². The van der Waals surface area contributed by atoms with E-state index >= 15 is 0 Å². The zero-order valence-electron chi connectivity index (χ0n) is 6.51. The van der Waals surface area contributed by atoms with Crippen molar-refractivity contribution in [1.82, 2.24) is 0 Å². The Balaban J connectivity index is 2.96. The fraction of sp³-hybridized carbons (Fsp3) is 0.200. The summed E-state index contributed by atoms with van der Waals surface area (Å²) in [7, 11) is 0. The Morgan fingerprint density at radius 1 is 1.27 bits per heavy atom. The summed E-state index contributed by atoms with van der Waals surface area (Å²) in [5.74, 6) is 0. The summed E-state index contributed by atoms with van der Waals surface area (Å²) in [6.07, 6.45) is 0.669. The van der Waals surface area contributed by atoms with Crippen LogP contribution < -0.4 is 0 Å². The van der Waals surface area contributed by atoms with Crippen LogP contribution in [0.15, 0.2) is 18.2 Å². The molecule has 0 saturated carbocycles. The number of aliphatic hydroxyl groups is 1. The molecule has 1 nitrogen and oxygen atoms in total. The normalized spacial score (nSPS) is 10.1. The van der Waals surface area contributed by atoms with Crippen molar-refractivity contribution in [3.8, 4) is 0 Å². The Bertz CT molecular complexity index is 241. The second-order valence-electron chi connectivity index (χ2n) is 2.53. The molecule has 0 spiro atoms. The predicted molar refractivity (Wildman–Crippen MR) is 46.1 cm³/mol. The largest absolute Gasteiger partial charge is 0.396 e. The highest BCUT2D eigenvalue weighted by atomic mass is 16.2. The monoisotopic (exact) mass is 148 g/mol. The van der Waals surface area contributed by atoms with Gasteiger partial charge in [-0.2, -0.15) is 0 Å². The van der Waals surface area contributed by atoms with Crippen molar-refractivity contribution in [2.45, 2.75) is 6.42 Å². The molecule has 1 rings (SSSR count). The molecule has 0 saturated heterocycles. The fourth-order valence-electron chi connectivity index (χ4n) is 1.04. The number of hydrogen-bond acceptors (Lipinski definition) is 1. The molecule has 58 valence electrons. The average molecular weight is 148 g/mol. The number of aliphatic hydroxyl groups excluding tert-OH is 1. The van der Waals surface area contributed by atoms with Crippen LogP contribution in [0.5, 0.6) is 0 Å². The highest BCUT2D eigenvalue weighted by Gasteiger charge is 1.98. The van der Waals surface area contributed by atoms with Crippen molar-refractivity contribution >= 4 is 0 Å². The van der Waals surface area contributed by atoms with E-state index in [2.05, 4.69) is 13.8 Å². The first-order valence-electron chi connectivity index (χ1n) is 3.62. The highest BCUT2D eigenvalue weighted by Crippen LogP contribution is 2.12. The summed E-state index contributed by atoms with van der Waals surface area (Å²) < 4.78 is 0. The van der Waals surface area contributed by atoms with E-state index in [1.54, 1.807) is 0 Å². The van der Waals surface area contributed by atoms with Gasteiger partial charge in [0.05, 0.1) is 0 Å². The molecule has 0 heterocycles. The van der Waals surface area contributed by atoms with E-state index < -0.39 is 0 Å². The third-order valence-corrected chi connectivity index (χ3v) is 1.75. The van der Waals surface area contributed by atoms with E-state index in [0.29, 0.717) is 6.42 Å². The minimum Gasteiger partial charge on any atom is -0.396 e. The van der Waals surface area contributed by atoms with Gasteiger partial charge in [-0.05, 0) is 37.0 Å². The first kappa shape index (κ1) is 8.28. The molecular formula is C10H12O. The molecule has 2 radical (unpaired) electrons. The molecule has 0 atom stereocenters. The predicted octanol–water partition coefficient (Wildman–Crippen LogP) is 1.59. The van der Waals surface area contributed by atoms with Gasteiger partial charge in [-0.25, -0.2) is 0 Å². The topological polar surface area (TPSA) is 20.2 Å². The Labute approximate surface area is 67.7 Å². The Morgan fingerprint density at radius 3 is 2.64 bits per heavy atom. The van der Waals surface area contributed by atoms with Gasteiger partial charge in [-0.1, -0.05) is 18.2 Å². The minimum atomic E-state index is 0.173.